The van der Waals surface area contributed by atoms with Crippen LogP contribution in [0.4, 0.5) is 0 Å². The van der Waals surface area contributed by atoms with Crippen LogP contribution in [-0.4, -0.2) is 0 Å². The molecule has 0 amide bonds. The van der Waals surface area contributed by atoms with Gasteiger partial charge in [0, 0.05) is 16.0 Å². The van der Waals surface area contributed by atoms with Crippen molar-refractivity contribution in [3.8, 4) is 0 Å². The first-order chi connectivity index (χ1) is 4.10. The van der Waals surface area contributed by atoms with E-state index in [0.29, 0.717) is 0 Å². The Hall–Kier alpha value is -0.950. The van der Waals surface area contributed by atoms with Crippen molar-refractivity contribution in [2.24, 2.45) is 10.5 Å². The second-order valence-electron chi connectivity index (χ2n) is 2.79. The summed E-state index contributed by atoms with van der Waals surface area (Å²) in [6, 6.07) is 0. The van der Waals surface area contributed by atoms with Crippen LogP contribution < -0.4 is 0 Å². The van der Waals surface area contributed by atoms with Crippen LogP contribution in [0.5, 0.6) is 0 Å². The molecule has 9 heavy (non-hydrogen) atoms. The fraction of sp³-hybridized carbons (Fsp3) is 0.667. The van der Waals surface area contributed by atoms with Gasteiger partial charge in [0.15, 0.2) is 0 Å². The van der Waals surface area contributed by atoms with Crippen LogP contribution >= 0.6 is 0 Å². The van der Waals surface area contributed by atoms with Gasteiger partial charge in [-0.1, -0.05) is 24.5 Å². The summed E-state index contributed by atoms with van der Waals surface area (Å²) >= 11 is 0. The smallest absolute Gasteiger partial charge is 0.0245 e. The highest BCUT2D eigenvalue weighted by molar-refractivity contribution is 5.44. The number of allylic oxidation sites excluding steroid dienone is 2. The Morgan fingerprint density at radius 3 is 2.11 bits per heavy atom. The molecule has 0 aromatic carbocycles. The maximum Gasteiger partial charge on any atom is 0.0245 e. The van der Waals surface area contributed by atoms with Crippen molar-refractivity contribution in [1.29, 1.82) is 0 Å². The summed E-state index contributed by atoms with van der Waals surface area (Å²) in [4.78, 5) is 2.71. The first kappa shape index (κ1) is 6.17. The van der Waals surface area contributed by atoms with E-state index in [4.69, 9.17) is 5.53 Å². The van der Waals surface area contributed by atoms with Gasteiger partial charge >= 0.3 is 0 Å². The van der Waals surface area contributed by atoms with E-state index in [9.17, 15) is 0 Å². The summed E-state index contributed by atoms with van der Waals surface area (Å²) in [6.07, 6.45) is 0. The van der Waals surface area contributed by atoms with E-state index in [1.54, 1.807) is 0 Å². The minimum atomic E-state index is 0.0895. The van der Waals surface area contributed by atoms with Crippen molar-refractivity contribution >= 4 is 0 Å². The quantitative estimate of drug-likeness (QED) is 0.292. The van der Waals surface area contributed by atoms with Crippen LogP contribution in [-0.2, 0) is 0 Å². The predicted molar refractivity (Wildman–Crippen MR) is 35.6 cm³/mol. The lowest BCUT2D eigenvalue weighted by atomic mass is 10.1. The Bertz CT molecular complexity index is 218. The van der Waals surface area contributed by atoms with E-state index in [1.165, 1.54) is 5.57 Å². The standard InChI is InChI=1S/C6H9N3/c1-4-5(8-9-7)6(4,2)3/h1-3H3. The van der Waals surface area contributed by atoms with Gasteiger partial charge in [0.1, 0.15) is 0 Å². The summed E-state index contributed by atoms with van der Waals surface area (Å²) in [5.74, 6) is 0. The topological polar surface area (TPSA) is 48.8 Å². The van der Waals surface area contributed by atoms with Gasteiger partial charge in [-0.2, -0.15) is 0 Å². The normalized spacial score (nSPS) is 21.2. The molecule has 48 valence electrons. The molecule has 1 aliphatic carbocycles. The molecule has 0 spiro atoms. The van der Waals surface area contributed by atoms with Crippen molar-refractivity contribution in [3.05, 3.63) is 21.7 Å². The Labute approximate surface area is 54.0 Å². The fourth-order valence-corrected chi connectivity index (χ4v) is 0.878. The average molecular weight is 123 g/mol. The van der Waals surface area contributed by atoms with Crippen LogP contribution in [0.3, 0.4) is 0 Å². The fourth-order valence-electron chi connectivity index (χ4n) is 0.878. The highest BCUT2D eigenvalue weighted by atomic mass is 15.2. The molecule has 0 aromatic rings. The Morgan fingerprint density at radius 1 is 1.56 bits per heavy atom. The Kier molecular flexibility index (Phi) is 1.04. The lowest BCUT2D eigenvalue weighted by Gasteiger charge is -1.98. The van der Waals surface area contributed by atoms with Gasteiger partial charge in [0.2, 0.25) is 0 Å². The molecule has 0 unspecified atom stereocenters. The van der Waals surface area contributed by atoms with Crippen LogP contribution in [0, 0.1) is 5.41 Å². The number of nitrogens with zero attached hydrogens (tertiary/aromatic N) is 3. The monoisotopic (exact) mass is 123 g/mol. The van der Waals surface area contributed by atoms with Gasteiger partial charge in [-0.3, -0.25) is 0 Å². The van der Waals surface area contributed by atoms with Crippen LogP contribution in [0.25, 0.3) is 10.4 Å². The van der Waals surface area contributed by atoms with Gasteiger partial charge in [-0.15, -0.1) is 0 Å². The van der Waals surface area contributed by atoms with Crippen LogP contribution in [0.2, 0.25) is 0 Å². The highest BCUT2D eigenvalue weighted by Crippen LogP contribution is 2.52. The zero-order valence-electron chi connectivity index (χ0n) is 5.84. The molecule has 0 heterocycles. The third-order valence-electron chi connectivity index (χ3n) is 1.97. The predicted octanol–water partition coefficient (Wildman–Crippen LogP) is 2.61. The van der Waals surface area contributed by atoms with E-state index in [1.807, 2.05) is 20.8 Å². The van der Waals surface area contributed by atoms with Gasteiger partial charge < -0.3 is 0 Å². The number of hydrogen-bond acceptors (Lipinski definition) is 1. The molecule has 0 saturated carbocycles. The second-order valence-corrected chi connectivity index (χ2v) is 2.79. The van der Waals surface area contributed by atoms with Crippen molar-refractivity contribution < 1.29 is 0 Å². The van der Waals surface area contributed by atoms with Gasteiger partial charge in [0.05, 0.1) is 0 Å². The van der Waals surface area contributed by atoms with E-state index in [-0.39, 0.29) is 5.41 Å². The third-order valence-corrected chi connectivity index (χ3v) is 1.97. The van der Waals surface area contributed by atoms with Crippen molar-refractivity contribution in [1.82, 2.24) is 0 Å². The van der Waals surface area contributed by atoms with Gasteiger partial charge in [-0.05, 0) is 12.5 Å². The maximum absolute atomic E-state index is 8.05. The lowest BCUT2D eigenvalue weighted by Crippen LogP contribution is -1.88. The average Bonchev–Trinajstić information content (AvgIpc) is 2.19. The SMILES string of the molecule is CC1=C(N=[N+]=[N-])C1(C)C. The molecule has 0 N–H and O–H groups in total. The van der Waals surface area contributed by atoms with E-state index >= 15 is 0 Å². The summed E-state index contributed by atoms with van der Waals surface area (Å²) < 4.78 is 0. The molecule has 3 heteroatoms. The zero-order valence-corrected chi connectivity index (χ0v) is 5.84. The molecular formula is C6H9N3. The van der Waals surface area contributed by atoms with Crippen molar-refractivity contribution in [2.75, 3.05) is 0 Å². The van der Waals surface area contributed by atoms with Gasteiger partial charge in [0.25, 0.3) is 0 Å². The molecule has 0 aromatic heterocycles. The van der Waals surface area contributed by atoms with E-state index in [0.717, 1.165) is 5.70 Å². The molecule has 1 aliphatic rings. The molecule has 0 bridgehead atoms. The zero-order chi connectivity index (χ0) is 7.07. The molecule has 3 nitrogen and oxygen atoms in total. The minimum absolute atomic E-state index is 0.0895. The van der Waals surface area contributed by atoms with Crippen molar-refractivity contribution in [3.63, 3.8) is 0 Å². The van der Waals surface area contributed by atoms with Gasteiger partial charge in [-0.25, -0.2) is 0 Å². The third kappa shape index (κ3) is 0.698. The molecule has 0 atom stereocenters. The summed E-state index contributed by atoms with van der Waals surface area (Å²) in [7, 11) is 0. The Morgan fingerprint density at radius 2 is 2.00 bits per heavy atom. The lowest BCUT2D eigenvalue weighted by molar-refractivity contribution is 0.668. The molecule has 0 aliphatic heterocycles. The number of hydrogen-bond donors (Lipinski definition) is 0. The second kappa shape index (κ2) is 1.52. The molecule has 0 saturated heterocycles. The summed E-state index contributed by atoms with van der Waals surface area (Å²) in [5.41, 5.74) is 10.3. The van der Waals surface area contributed by atoms with Crippen LogP contribution in [0.15, 0.2) is 16.4 Å². The van der Waals surface area contributed by atoms with E-state index < -0.39 is 0 Å². The minimum Gasteiger partial charge on any atom is -0.0642 e. The first-order valence-corrected chi connectivity index (χ1v) is 2.87. The van der Waals surface area contributed by atoms with Crippen LogP contribution in [0.1, 0.15) is 20.8 Å². The highest BCUT2D eigenvalue weighted by Gasteiger charge is 2.40. The maximum atomic E-state index is 8.05. The largest absolute Gasteiger partial charge is 0.0642 e. The van der Waals surface area contributed by atoms with Crippen molar-refractivity contribution in [2.45, 2.75) is 20.8 Å². The first-order valence-electron chi connectivity index (χ1n) is 2.87. The number of rotatable bonds is 1. The summed E-state index contributed by atoms with van der Waals surface area (Å²) in [5, 5.41) is 3.53. The molecular weight excluding hydrogens is 114 g/mol. The molecule has 0 fully saturated rings. The van der Waals surface area contributed by atoms with E-state index in [2.05, 4.69) is 10.0 Å². The molecule has 1 rings (SSSR count). The Balaban J connectivity index is 2.79. The summed E-state index contributed by atoms with van der Waals surface area (Å²) in [6.45, 7) is 6.09. The number of azide groups is 1. The molecule has 0 radical (unpaired) electrons.